The molecule has 0 N–H and O–H groups in total. The van der Waals surface area contributed by atoms with E-state index in [-0.39, 0.29) is 5.91 Å². The summed E-state index contributed by atoms with van der Waals surface area (Å²) >= 11 is 0. The lowest BCUT2D eigenvalue weighted by atomic mass is 10.1. The van der Waals surface area contributed by atoms with Gasteiger partial charge in [0.1, 0.15) is 0 Å². The molecule has 2 heteroatoms. The molecule has 0 bridgehead atoms. The van der Waals surface area contributed by atoms with Gasteiger partial charge in [0.25, 0.3) is 0 Å². The normalized spacial score (nSPS) is 14.5. The molecule has 1 aliphatic rings. The van der Waals surface area contributed by atoms with E-state index in [0.29, 0.717) is 6.04 Å². The highest BCUT2D eigenvalue weighted by Gasteiger charge is 2.30. The minimum Gasteiger partial charge on any atom is -0.336 e. The van der Waals surface area contributed by atoms with E-state index in [1.54, 1.807) is 0 Å². The van der Waals surface area contributed by atoms with E-state index in [2.05, 4.69) is 13.5 Å². The molecule has 0 unspecified atom stereocenters. The molecule has 1 fully saturated rings. The average Bonchev–Trinajstić information content (AvgIpc) is 3.20. The smallest absolute Gasteiger partial charge is 0.246 e. The van der Waals surface area contributed by atoms with Crippen molar-refractivity contribution in [2.45, 2.75) is 77.2 Å². The van der Waals surface area contributed by atoms with Crippen molar-refractivity contribution in [1.29, 1.82) is 0 Å². The molecule has 0 radical (unpaired) electrons. The average molecular weight is 251 g/mol. The molecule has 1 saturated carbocycles. The Morgan fingerprint density at radius 1 is 1.11 bits per heavy atom. The third-order valence-corrected chi connectivity index (χ3v) is 3.70. The van der Waals surface area contributed by atoms with Gasteiger partial charge in [0.2, 0.25) is 5.91 Å². The first-order valence-corrected chi connectivity index (χ1v) is 7.72. The first-order chi connectivity index (χ1) is 8.79. The minimum absolute atomic E-state index is 0.125. The van der Waals surface area contributed by atoms with Gasteiger partial charge in [0, 0.05) is 12.6 Å². The van der Waals surface area contributed by atoms with Crippen molar-refractivity contribution in [1.82, 2.24) is 4.90 Å². The predicted molar refractivity (Wildman–Crippen MR) is 77.5 cm³/mol. The number of nitrogens with zero attached hydrogens (tertiary/aromatic N) is 1. The maximum Gasteiger partial charge on any atom is 0.246 e. The van der Waals surface area contributed by atoms with Gasteiger partial charge in [0.15, 0.2) is 0 Å². The number of amides is 1. The molecule has 0 spiro atoms. The molecule has 2 nitrogen and oxygen atoms in total. The van der Waals surface area contributed by atoms with Crippen LogP contribution in [0.5, 0.6) is 0 Å². The van der Waals surface area contributed by atoms with Crippen LogP contribution in [0.3, 0.4) is 0 Å². The second-order valence-electron chi connectivity index (χ2n) is 5.44. The molecule has 0 aliphatic heterocycles. The highest BCUT2D eigenvalue weighted by atomic mass is 16.2. The topological polar surface area (TPSA) is 20.3 Å². The molecule has 1 amide bonds. The SMILES string of the molecule is C=CC(=O)N(CCCCCCCCCC)C1CC1. The Kier molecular flexibility index (Phi) is 7.79. The lowest BCUT2D eigenvalue weighted by molar-refractivity contribution is -0.126. The van der Waals surface area contributed by atoms with Crippen molar-refractivity contribution in [2.75, 3.05) is 6.54 Å². The largest absolute Gasteiger partial charge is 0.336 e. The Balaban J connectivity index is 1.98. The molecule has 0 atom stereocenters. The molecule has 0 aromatic heterocycles. The summed E-state index contributed by atoms with van der Waals surface area (Å²) in [5.41, 5.74) is 0. The molecule has 1 rings (SSSR count). The monoisotopic (exact) mass is 251 g/mol. The molecule has 0 saturated heterocycles. The number of rotatable bonds is 11. The zero-order valence-electron chi connectivity index (χ0n) is 12.0. The van der Waals surface area contributed by atoms with E-state index in [1.165, 1.54) is 63.9 Å². The van der Waals surface area contributed by atoms with Crippen LogP contribution in [-0.2, 0) is 4.79 Å². The van der Waals surface area contributed by atoms with Gasteiger partial charge in [-0.25, -0.2) is 0 Å². The first-order valence-electron chi connectivity index (χ1n) is 7.72. The fourth-order valence-corrected chi connectivity index (χ4v) is 2.39. The van der Waals surface area contributed by atoms with Gasteiger partial charge >= 0.3 is 0 Å². The third-order valence-electron chi connectivity index (χ3n) is 3.70. The Morgan fingerprint density at radius 3 is 2.17 bits per heavy atom. The van der Waals surface area contributed by atoms with Gasteiger partial charge in [-0.2, -0.15) is 0 Å². The minimum atomic E-state index is 0.125. The second-order valence-corrected chi connectivity index (χ2v) is 5.44. The van der Waals surface area contributed by atoms with E-state index < -0.39 is 0 Å². The fraction of sp³-hybridized carbons (Fsp3) is 0.812. The summed E-state index contributed by atoms with van der Waals surface area (Å²) in [4.78, 5) is 13.7. The Hall–Kier alpha value is -0.790. The quantitative estimate of drug-likeness (QED) is 0.396. The van der Waals surface area contributed by atoms with Crippen molar-refractivity contribution >= 4 is 5.91 Å². The highest BCUT2D eigenvalue weighted by molar-refractivity contribution is 5.87. The van der Waals surface area contributed by atoms with Crippen LogP contribution in [0.1, 0.15) is 71.1 Å². The maximum absolute atomic E-state index is 11.6. The van der Waals surface area contributed by atoms with Crippen LogP contribution in [0.15, 0.2) is 12.7 Å². The van der Waals surface area contributed by atoms with Crippen molar-refractivity contribution in [3.63, 3.8) is 0 Å². The van der Waals surface area contributed by atoms with Gasteiger partial charge in [-0.15, -0.1) is 0 Å². The predicted octanol–water partition coefficient (Wildman–Crippen LogP) is 4.30. The molecular weight excluding hydrogens is 222 g/mol. The van der Waals surface area contributed by atoms with Gasteiger partial charge in [-0.05, 0) is 25.3 Å². The van der Waals surface area contributed by atoms with E-state index >= 15 is 0 Å². The summed E-state index contributed by atoms with van der Waals surface area (Å²) in [6.45, 7) is 6.77. The summed E-state index contributed by atoms with van der Waals surface area (Å²) in [6.07, 6.45) is 14.4. The lowest BCUT2D eigenvalue weighted by Gasteiger charge is -2.20. The van der Waals surface area contributed by atoms with Crippen molar-refractivity contribution in [2.24, 2.45) is 0 Å². The number of unbranched alkanes of at least 4 members (excludes halogenated alkanes) is 7. The van der Waals surface area contributed by atoms with Crippen LogP contribution in [0, 0.1) is 0 Å². The molecule has 1 aliphatic carbocycles. The van der Waals surface area contributed by atoms with Gasteiger partial charge in [0.05, 0.1) is 0 Å². The number of carbonyl (C=O) groups excluding carboxylic acids is 1. The number of hydrogen-bond donors (Lipinski definition) is 0. The van der Waals surface area contributed by atoms with Crippen LogP contribution in [0.4, 0.5) is 0 Å². The number of hydrogen-bond acceptors (Lipinski definition) is 1. The second kappa shape index (κ2) is 9.18. The highest BCUT2D eigenvalue weighted by Crippen LogP contribution is 2.27. The van der Waals surface area contributed by atoms with Crippen molar-refractivity contribution < 1.29 is 4.79 Å². The molecule has 18 heavy (non-hydrogen) atoms. The Morgan fingerprint density at radius 2 is 1.67 bits per heavy atom. The molecule has 0 aromatic rings. The number of carbonyl (C=O) groups is 1. The summed E-state index contributed by atoms with van der Waals surface area (Å²) < 4.78 is 0. The maximum atomic E-state index is 11.6. The van der Waals surface area contributed by atoms with Gasteiger partial charge in [-0.3, -0.25) is 4.79 Å². The summed E-state index contributed by atoms with van der Waals surface area (Å²) in [6, 6.07) is 0.528. The van der Waals surface area contributed by atoms with Crippen LogP contribution < -0.4 is 0 Å². The van der Waals surface area contributed by atoms with Crippen LogP contribution >= 0.6 is 0 Å². The summed E-state index contributed by atoms with van der Waals surface area (Å²) in [5.74, 6) is 0.125. The zero-order valence-corrected chi connectivity index (χ0v) is 12.0. The Labute approximate surface area is 112 Å². The molecule has 0 aromatic carbocycles. The third kappa shape index (κ3) is 6.23. The fourth-order valence-electron chi connectivity index (χ4n) is 2.39. The van der Waals surface area contributed by atoms with Crippen LogP contribution in [-0.4, -0.2) is 23.4 Å². The summed E-state index contributed by atoms with van der Waals surface area (Å²) in [5, 5.41) is 0. The van der Waals surface area contributed by atoms with Gasteiger partial charge in [-0.1, -0.05) is 58.4 Å². The van der Waals surface area contributed by atoms with E-state index in [9.17, 15) is 4.79 Å². The zero-order chi connectivity index (χ0) is 13.2. The van der Waals surface area contributed by atoms with Crippen LogP contribution in [0.2, 0.25) is 0 Å². The van der Waals surface area contributed by atoms with Crippen molar-refractivity contribution in [3.8, 4) is 0 Å². The van der Waals surface area contributed by atoms with E-state index in [1.807, 2.05) is 4.90 Å². The summed E-state index contributed by atoms with van der Waals surface area (Å²) in [7, 11) is 0. The van der Waals surface area contributed by atoms with E-state index in [0.717, 1.165) is 13.0 Å². The van der Waals surface area contributed by atoms with E-state index in [4.69, 9.17) is 0 Å². The molecule has 0 heterocycles. The standard InChI is InChI=1S/C16H29NO/c1-3-5-6-7-8-9-10-11-14-17(15-12-13-15)16(18)4-2/h4,15H,2-3,5-14H2,1H3. The lowest BCUT2D eigenvalue weighted by Crippen LogP contribution is -2.32. The molecular formula is C16H29NO. The van der Waals surface area contributed by atoms with Crippen molar-refractivity contribution in [3.05, 3.63) is 12.7 Å². The van der Waals surface area contributed by atoms with Crippen LogP contribution in [0.25, 0.3) is 0 Å². The van der Waals surface area contributed by atoms with Gasteiger partial charge < -0.3 is 4.90 Å². The Bertz CT molecular complexity index is 245. The first kappa shape index (κ1) is 15.3. The molecule has 104 valence electrons.